The summed E-state index contributed by atoms with van der Waals surface area (Å²) in [5, 5.41) is 8.87. The van der Waals surface area contributed by atoms with Gasteiger partial charge in [-0.2, -0.15) is 0 Å². The van der Waals surface area contributed by atoms with Crippen LogP contribution in [0, 0.1) is 0 Å². The molecule has 0 heterocycles. The van der Waals surface area contributed by atoms with E-state index in [4.69, 9.17) is 5.11 Å². The van der Waals surface area contributed by atoms with Crippen molar-refractivity contribution in [2.45, 2.75) is 19.9 Å². The normalized spacial score (nSPS) is 11.2. The molecule has 0 aliphatic rings. The number of hydrogen-bond donors (Lipinski definition) is 1. The summed E-state index contributed by atoms with van der Waals surface area (Å²) in [5.74, 6) is -0.871. The Labute approximate surface area is 115 Å². The van der Waals surface area contributed by atoms with Gasteiger partial charge in [-0.15, -0.1) is 0 Å². The Morgan fingerprint density at radius 3 is 2.21 bits per heavy atom. The van der Waals surface area contributed by atoms with Crippen molar-refractivity contribution in [1.29, 1.82) is 0 Å². The Bertz CT molecular complexity index is 388. The number of nitrogens with zero attached hydrogens (tertiary/aromatic N) is 2. The lowest BCUT2D eigenvalue weighted by Crippen LogP contribution is -2.32. The Hall–Kier alpha value is -1.39. The molecule has 0 aliphatic carbocycles. The Morgan fingerprint density at radius 1 is 1.11 bits per heavy atom. The first-order chi connectivity index (χ1) is 9.02. The SMILES string of the molecule is CCCN(CCN(C)C)Cc1ccc(C(=O)O)cc1. The molecule has 19 heavy (non-hydrogen) atoms. The number of likely N-dealkylation sites (N-methyl/N-ethyl adjacent to an activating group) is 1. The third kappa shape index (κ3) is 5.85. The molecule has 1 aromatic carbocycles. The molecule has 0 aliphatic heterocycles. The van der Waals surface area contributed by atoms with Crippen molar-refractivity contribution in [3.63, 3.8) is 0 Å². The molecule has 1 N–H and O–H groups in total. The standard InChI is InChI=1S/C15H24N2O2/c1-4-9-17(11-10-16(2)3)12-13-5-7-14(8-6-13)15(18)19/h5-8H,4,9-12H2,1-3H3,(H,18,19). The fourth-order valence-electron chi connectivity index (χ4n) is 1.94. The van der Waals surface area contributed by atoms with Crippen LogP contribution >= 0.6 is 0 Å². The smallest absolute Gasteiger partial charge is 0.335 e. The summed E-state index contributed by atoms with van der Waals surface area (Å²) in [6.45, 7) is 6.18. The number of rotatable bonds is 8. The van der Waals surface area contributed by atoms with E-state index in [0.717, 1.165) is 38.2 Å². The largest absolute Gasteiger partial charge is 0.478 e. The first-order valence-electron chi connectivity index (χ1n) is 6.72. The lowest BCUT2D eigenvalue weighted by Gasteiger charge is -2.23. The van der Waals surface area contributed by atoms with E-state index in [9.17, 15) is 4.79 Å². The molecule has 1 rings (SSSR count). The van der Waals surface area contributed by atoms with Crippen molar-refractivity contribution in [2.24, 2.45) is 0 Å². The van der Waals surface area contributed by atoms with Crippen LogP contribution in [0.4, 0.5) is 0 Å². The molecule has 0 fully saturated rings. The van der Waals surface area contributed by atoms with Crippen molar-refractivity contribution < 1.29 is 9.90 Å². The second kappa shape index (κ2) is 7.92. The maximum absolute atomic E-state index is 10.8. The second-order valence-electron chi connectivity index (χ2n) is 5.08. The van der Waals surface area contributed by atoms with Gasteiger partial charge in [-0.05, 0) is 44.8 Å². The molecule has 0 amide bonds. The number of carboxylic acids is 1. The van der Waals surface area contributed by atoms with Crippen molar-refractivity contribution in [3.8, 4) is 0 Å². The Kier molecular flexibility index (Phi) is 6.53. The summed E-state index contributed by atoms with van der Waals surface area (Å²) in [6.07, 6.45) is 1.13. The molecule has 0 atom stereocenters. The Morgan fingerprint density at radius 2 is 1.74 bits per heavy atom. The average molecular weight is 264 g/mol. The van der Waals surface area contributed by atoms with Gasteiger partial charge < -0.3 is 10.0 Å². The molecule has 4 nitrogen and oxygen atoms in total. The van der Waals surface area contributed by atoms with Crippen LogP contribution in [0.25, 0.3) is 0 Å². The molecule has 0 radical (unpaired) electrons. The summed E-state index contributed by atoms with van der Waals surface area (Å²) in [5.41, 5.74) is 1.51. The van der Waals surface area contributed by atoms with Crippen LogP contribution in [0.5, 0.6) is 0 Å². The first kappa shape index (κ1) is 15.7. The zero-order chi connectivity index (χ0) is 14.3. The van der Waals surface area contributed by atoms with Crippen molar-refractivity contribution >= 4 is 5.97 Å². The van der Waals surface area contributed by atoms with Crippen LogP contribution in [0.15, 0.2) is 24.3 Å². The van der Waals surface area contributed by atoms with Crippen molar-refractivity contribution in [1.82, 2.24) is 9.80 Å². The monoisotopic (exact) mass is 264 g/mol. The maximum atomic E-state index is 10.8. The van der Waals surface area contributed by atoms with Gasteiger partial charge in [-0.25, -0.2) is 4.79 Å². The lowest BCUT2D eigenvalue weighted by atomic mass is 10.1. The van der Waals surface area contributed by atoms with Crippen molar-refractivity contribution in [3.05, 3.63) is 35.4 Å². The molecular weight excluding hydrogens is 240 g/mol. The maximum Gasteiger partial charge on any atom is 0.335 e. The van der Waals surface area contributed by atoms with E-state index >= 15 is 0 Å². The lowest BCUT2D eigenvalue weighted by molar-refractivity contribution is 0.0697. The third-order valence-electron chi connectivity index (χ3n) is 3.01. The summed E-state index contributed by atoms with van der Waals surface area (Å²) >= 11 is 0. The second-order valence-corrected chi connectivity index (χ2v) is 5.08. The van der Waals surface area contributed by atoms with Crippen LogP contribution in [0.1, 0.15) is 29.3 Å². The Balaban J connectivity index is 2.59. The van der Waals surface area contributed by atoms with Crippen LogP contribution in [0.3, 0.4) is 0 Å². The molecule has 4 heteroatoms. The number of carboxylic acid groups (broad SMARTS) is 1. The molecule has 0 aromatic heterocycles. The van der Waals surface area contributed by atoms with Gasteiger partial charge in [0, 0.05) is 19.6 Å². The fraction of sp³-hybridized carbons (Fsp3) is 0.533. The highest BCUT2D eigenvalue weighted by Crippen LogP contribution is 2.08. The summed E-state index contributed by atoms with van der Waals surface area (Å²) in [4.78, 5) is 15.4. The van der Waals surface area contributed by atoms with Crippen LogP contribution < -0.4 is 0 Å². The van der Waals surface area contributed by atoms with Crippen molar-refractivity contribution in [2.75, 3.05) is 33.7 Å². The zero-order valence-electron chi connectivity index (χ0n) is 12.1. The third-order valence-corrected chi connectivity index (χ3v) is 3.01. The van der Waals surface area contributed by atoms with E-state index < -0.39 is 5.97 Å². The minimum atomic E-state index is -0.871. The van der Waals surface area contributed by atoms with Gasteiger partial charge >= 0.3 is 5.97 Å². The summed E-state index contributed by atoms with van der Waals surface area (Å²) in [6, 6.07) is 7.16. The van der Waals surface area contributed by atoms with Crippen LogP contribution in [-0.2, 0) is 6.54 Å². The molecule has 0 spiro atoms. The van der Waals surface area contributed by atoms with E-state index in [2.05, 4.69) is 30.8 Å². The molecule has 106 valence electrons. The van der Waals surface area contributed by atoms with E-state index in [1.165, 1.54) is 0 Å². The molecule has 0 bridgehead atoms. The first-order valence-corrected chi connectivity index (χ1v) is 6.72. The van der Waals surface area contributed by atoms with Gasteiger partial charge in [0.05, 0.1) is 5.56 Å². The topological polar surface area (TPSA) is 43.8 Å². The summed E-state index contributed by atoms with van der Waals surface area (Å²) in [7, 11) is 4.15. The number of benzene rings is 1. The van der Waals surface area contributed by atoms with E-state index in [1.54, 1.807) is 12.1 Å². The van der Waals surface area contributed by atoms with Crippen LogP contribution in [0.2, 0.25) is 0 Å². The number of hydrogen-bond acceptors (Lipinski definition) is 3. The van der Waals surface area contributed by atoms with Crippen LogP contribution in [-0.4, -0.2) is 54.6 Å². The quantitative estimate of drug-likeness (QED) is 0.781. The van der Waals surface area contributed by atoms with Gasteiger partial charge in [-0.3, -0.25) is 4.90 Å². The zero-order valence-corrected chi connectivity index (χ0v) is 12.1. The number of aromatic carboxylic acids is 1. The molecular formula is C15H24N2O2. The predicted octanol–water partition coefficient (Wildman–Crippen LogP) is 2.16. The molecule has 0 unspecified atom stereocenters. The summed E-state index contributed by atoms with van der Waals surface area (Å²) < 4.78 is 0. The van der Waals surface area contributed by atoms with Gasteiger partial charge in [0.2, 0.25) is 0 Å². The van der Waals surface area contributed by atoms with Gasteiger partial charge in [-0.1, -0.05) is 19.1 Å². The van der Waals surface area contributed by atoms with Gasteiger partial charge in [0.1, 0.15) is 0 Å². The highest BCUT2D eigenvalue weighted by Gasteiger charge is 2.07. The fourth-order valence-corrected chi connectivity index (χ4v) is 1.94. The average Bonchev–Trinajstić information content (AvgIpc) is 2.37. The highest BCUT2D eigenvalue weighted by molar-refractivity contribution is 5.87. The predicted molar refractivity (Wildman–Crippen MR) is 77.5 cm³/mol. The van der Waals surface area contributed by atoms with E-state index in [0.29, 0.717) is 5.56 Å². The van der Waals surface area contributed by atoms with E-state index in [1.807, 2.05) is 12.1 Å². The van der Waals surface area contributed by atoms with Gasteiger partial charge in [0.25, 0.3) is 0 Å². The minimum absolute atomic E-state index is 0.346. The highest BCUT2D eigenvalue weighted by atomic mass is 16.4. The molecule has 0 saturated carbocycles. The number of carbonyl (C=O) groups is 1. The minimum Gasteiger partial charge on any atom is -0.478 e. The van der Waals surface area contributed by atoms with E-state index in [-0.39, 0.29) is 0 Å². The molecule has 0 saturated heterocycles. The molecule has 1 aromatic rings. The van der Waals surface area contributed by atoms with Gasteiger partial charge in [0.15, 0.2) is 0 Å².